The predicted molar refractivity (Wildman–Crippen MR) is 157 cm³/mol. The minimum absolute atomic E-state index is 0.0494. The summed E-state index contributed by atoms with van der Waals surface area (Å²) in [7, 11) is -4.09. The molecule has 41 heavy (non-hydrogen) atoms. The Balaban J connectivity index is 1.11. The molecule has 1 amide bonds. The number of carbonyl (C=O) groups is 1. The Morgan fingerprint density at radius 2 is 1.68 bits per heavy atom. The van der Waals surface area contributed by atoms with E-state index in [-0.39, 0.29) is 46.4 Å². The summed E-state index contributed by atoms with van der Waals surface area (Å²) in [6.45, 7) is 7.05. The van der Waals surface area contributed by atoms with Gasteiger partial charge in [0.25, 0.3) is 10.0 Å². The number of amides is 1. The van der Waals surface area contributed by atoms with E-state index in [0.717, 1.165) is 56.8 Å². The smallest absolute Gasteiger partial charge is 0.421 e. The number of ether oxygens (including phenoxy) is 1. The first-order valence-corrected chi connectivity index (χ1v) is 17.0. The van der Waals surface area contributed by atoms with Crippen molar-refractivity contribution in [2.45, 2.75) is 89.2 Å². The van der Waals surface area contributed by atoms with Crippen molar-refractivity contribution in [3.63, 3.8) is 0 Å². The van der Waals surface area contributed by atoms with Crippen LogP contribution in [0.1, 0.15) is 72.1 Å². The summed E-state index contributed by atoms with van der Waals surface area (Å²) in [6.07, 6.45) is 6.26. The largest absolute Gasteiger partial charge is 0.449 e. The van der Waals surface area contributed by atoms with Crippen molar-refractivity contribution in [1.29, 1.82) is 0 Å². The van der Waals surface area contributed by atoms with Crippen molar-refractivity contribution in [3.05, 3.63) is 42.5 Å². The lowest BCUT2D eigenvalue weighted by Crippen LogP contribution is -2.58. The summed E-state index contributed by atoms with van der Waals surface area (Å²) in [6, 6.07) is 12.2. The first kappa shape index (κ1) is 28.9. The molecule has 10 atom stereocenters. The normalized spacial score (nSPS) is 39.3. The van der Waals surface area contributed by atoms with Crippen LogP contribution >= 0.6 is 0 Å². The van der Waals surface area contributed by atoms with Gasteiger partial charge >= 0.3 is 6.09 Å². The second kappa shape index (κ2) is 10.5. The number of fused-ring (bicyclic) bond motifs is 6. The van der Waals surface area contributed by atoms with Crippen LogP contribution in [0.5, 0.6) is 0 Å². The molecule has 6 rings (SSSR count). The third-order valence-corrected chi connectivity index (χ3v) is 13.5. The summed E-state index contributed by atoms with van der Waals surface area (Å²) in [5.74, 6) is 1.98. The fraction of sp³-hybridized carbons (Fsp3) is 0.667. The highest BCUT2D eigenvalue weighted by atomic mass is 32.2. The topological polar surface area (TPSA) is 113 Å². The first-order chi connectivity index (χ1) is 19.4. The van der Waals surface area contributed by atoms with E-state index in [4.69, 9.17) is 4.74 Å². The van der Waals surface area contributed by atoms with Crippen LogP contribution in [-0.4, -0.2) is 43.5 Å². The van der Waals surface area contributed by atoms with Crippen LogP contribution in [0.15, 0.2) is 47.4 Å². The minimum Gasteiger partial charge on any atom is -0.449 e. The highest BCUT2D eigenvalue weighted by molar-refractivity contribution is 7.90. The molecule has 0 aromatic heterocycles. The molecule has 3 N–H and O–H groups in total. The van der Waals surface area contributed by atoms with Gasteiger partial charge in [0.1, 0.15) is 0 Å². The van der Waals surface area contributed by atoms with Gasteiger partial charge in [-0.05, 0) is 109 Å². The fourth-order valence-corrected chi connectivity index (χ4v) is 11.2. The van der Waals surface area contributed by atoms with E-state index in [1.54, 1.807) is 18.2 Å². The van der Waals surface area contributed by atoms with Gasteiger partial charge in [0.2, 0.25) is 0 Å². The van der Waals surface area contributed by atoms with Crippen molar-refractivity contribution in [2.24, 2.45) is 46.3 Å². The van der Waals surface area contributed by atoms with Crippen molar-refractivity contribution in [3.8, 4) is 0 Å². The molecule has 0 saturated heterocycles. The number of hydrogen-bond donors (Lipinski definition) is 3. The monoisotopic (exact) mass is 583 g/mol. The van der Waals surface area contributed by atoms with Crippen LogP contribution < -0.4 is 4.72 Å². The maximum absolute atomic E-state index is 13.1. The van der Waals surface area contributed by atoms with Gasteiger partial charge in [-0.2, -0.15) is 0 Å². The maximum Gasteiger partial charge on any atom is 0.421 e. The zero-order valence-corrected chi connectivity index (χ0v) is 25.3. The molecule has 4 saturated carbocycles. The molecule has 4 fully saturated rings. The number of aliphatic hydroxyl groups is 2. The number of rotatable bonds is 5. The fourth-order valence-electron chi connectivity index (χ4n) is 10.1. The highest BCUT2D eigenvalue weighted by Gasteiger charge is 2.62. The van der Waals surface area contributed by atoms with E-state index in [1.807, 2.05) is 18.2 Å². The molecule has 0 aliphatic heterocycles. The van der Waals surface area contributed by atoms with Crippen molar-refractivity contribution in [2.75, 3.05) is 6.61 Å². The zero-order valence-electron chi connectivity index (χ0n) is 24.5. The Morgan fingerprint density at radius 3 is 2.49 bits per heavy atom. The number of carbonyl (C=O) groups excluding carboxylic acids is 1. The number of sulfonamides is 1. The molecule has 0 spiro atoms. The zero-order chi connectivity index (χ0) is 29.2. The molecule has 0 heterocycles. The van der Waals surface area contributed by atoms with Crippen LogP contribution in [0.2, 0.25) is 0 Å². The molecule has 0 radical (unpaired) electrons. The van der Waals surface area contributed by atoms with Gasteiger partial charge in [-0.25, -0.2) is 17.9 Å². The second-order valence-corrected chi connectivity index (χ2v) is 15.8. The molecule has 2 unspecified atom stereocenters. The van der Waals surface area contributed by atoms with Crippen LogP contribution in [0.4, 0.5) is 4.79 Å². The maximum atomic E-state index is 13.1. The Labute approximate surface area is 244 Å². The molecule has 0 bridgehead atoms. The minimum atomic E-state index is -4.09. The third kappa shape index (κ3) is 4.88. The number of hydrogen-bond acceptors (Lipinski definition) is 6. The van der Waals surface area contributed by atoms with E-state index in [0.29, 0.717) is 29.1 Å². The Morgan fingerprint density at radius 1 is 0.976 bits per heavy atom. The number of aliphatic hydroxyl groups excluding tert-OH is 2. The van der Waals surface area contributed by atoms with Gasteiger partial charge in [0.05, 0.1) is 23.7 Å². The van der Waals surface area contributed by atoms with Crippen LogP contribution in [0.3, 0.4) is 0 Å². The van der Waals surface area contributed by atoms with Crippen molar-refractivity contribution < 1.29 is 28.2 Å². The molecule has 224 valence electrons. The number of benzene rings is 2. The molecule has 7 nitrogen and oxygen atoms in total. The molecule has 4 aliphatic rings. The van der Waals surface area contributed by atoms with E-state index in [9.17, 15) is 23.4 Å². The lowest BCUT2D eigenvalue weighted by atomic mass is 9.43. The molecule has 4 aliphatic carbocycles. The molecular formula is C33H45NO6S. The van der Waals surface area contributed by atoms with Crippen LogP contribution in [0, 0.1) is 46.3 Å². The summed E-state index contributed by atoms with van der Waals surface area (Å²) in [4.78, 5) is 12.8. The Hall–Kier alpha value is -2.16. The van der Waals surface area contributed by atoms with E-state index < -0.39 is 16.1 Å². The van der Waals surface area contributed by atoms with E-state index in [1.165, 1.54) is 6.07 Å². The SMILES string of the molecule is C[C@H](COC(=O)NS(=O)(=O)c1cccc2ccccc12)[C@H]1CCC2[C@H]3C(CC[C@@]21C)[C@@]1(C)CC[C@@H](O)C[C@H]1C[C@H]3O. The van der Waals surface area contributed by atoms with Gasteiger partial charge in [0, 0.05) is 5.39 Å². The lowest BCUT2D eigenvalue weighted by Gasteiger charge is -2.62. The molecule has 8 heteroatoms. The van der Waals surface area contributed by atoms with Gasteiger partial charge in [-0.15, -0.1) is 0 Å². The van der Waals surface area contributed by atoms with Crippen molar-refractivity contribution in [1.82, 2.24) is 4.72 Å². The first-order valence-electron chi connectivity index (χ1n) is 15.5. The number of nitrogens with one attached hydrogen (secondary N) is 1. The summed E-state index contributed by atoms with van der Waals surface area (Å²) in [5, 5.41) is 23.1. The van der Waals surface area contributed by atoms with Gasteiger partial charge in [0.15, 0.2) is 0 Å². The molecule has 2 aromatic rings. The highest BCUT2D eigenvalue weighted by Crippen LogP contribution is 2.68. The van der Waals surface area contributed by atoms with Gasteiger partial charge in [-0.1, -0.05) is 57.2 Å². The Bertz CT molecular complexity index is 1410. The average Bonchev–Trinajstić information content (AvgIpc) is 3.29. The average molecular weight is 584 g/mol. The summed E-state index contributed by atoms with van der Waals surface area (Å²) >= 11 is 0. The summed E-state index contributed by atoms with van der Waals surface area (Å²) < 4.78 is 33.8. The summed E-state index contributed by atoms with van der Waals surface area (Å²) in [5.41, 5.74) is 0.235. The Kier molecular flexibility index (Phi) is 7.43. The lowest BCUT2D eigenvalue weighted by molar-refractivity contribution is -0.174. The third-order valence-electron chi connectivity index (χ3n) is 12.1. The van der Waals surface area contributed by atoms with Gasteiger partial charge in [-0.3, -0.25) is 0 Å². The van der Waals surface area contributed by atoms with Crippen LogP contribution in [0.25, 0.3) is 10.8 Å². The predicted octanol–water partition coefficient (Wildman–Crippen LogP) is 5.88. The quantitative estimate of drug-likeness (QED) is 0.405. The van der Waals surface area contributed by atoms with Gasteiger partial charge < -0.3 is 14.9 Å². The standard InChI is InChI=1S/C33H45NO6S/c1-20(19-40-31(37)34-41(38,39)29-10-6-8-21-7-4-5-9-24(21)29)25-11-12-26-30-27(14-16-33(25,26)3)32(2)15-13-23(35)17-22(32)18-28(30)36/h4-10,20,22-23,25-28,30,35-36H,11-19H2,1-3H3,(H,34,37)/t20-,22+,23-,25-,26?,27?,28-,30+,32+,33-/m1/s1. The van der Waals surface area contributed by atoms with Crippen molar-refractivity contribution >= 4 is 26.9 Å². The van der Waals surface area contributed by atoms with E-state index in [2.05, 4.69) is 25.5 Å². The molecule has 2 aromatic carbocycles. The van der Waals surface area contributed by atoms with E-state index >= 15 is 0 Å². The van der Waals surface area contributed by atoms with Crippen LogP contribution in [-0.2, 0) is 14.8 Å². The second-order valence-electron chi connectivity index (χ2n) is 14.1. The molecular weight excluding hydrogens is 538 g/mol.